The highest BCUT2D eigenvalue weighted by Crippen LogP contribution is 2.32. The van der Waals surface area contributed by atoms with E-state index < -0.39 is 0 Å². The summed E-state index contributed by atoms with van der Waals surface area (Å²) in [5.41, 5.74) is 10.2. The molecule has 4 rings (SSSR count). The maximum absolute atomic E-state index is 14.4. The van der Waals surface area contributed by atoms with Gasteiger partial charge in [0, 0.05) is 37.8 Å². The zero-order valence-corrected chi connectivity index (χ0v) is 20.3. The van der Waals surface area contributed by atoms with Crippen molar-refractivity contribution in [3.8, 4) is 0 Å². The maximum Gasteiger partial charge on any atom is 0.256 e. The molecule has 6 nitrogen and oxygen atoms in total. The molecule has 0 aliphatic carbocycles. The van der Waals surface area contributed by atoms with Crippen molar-refractivity contribution in [1.29, 1.82) is 0 Å². The number of carbonyl (C=O) groups excluding carboxylic acids is 1. The van der Waals surface area contributed by atoms with Crippen LogP contribution in [0.4, 0.5) is 4.39 Å². The van der Waals surface area contributed by atoms with E-state index in [1.54, 1.807) is 6.07 Å². The topological polar surface area (TPSA) is 80.7 Å². The highest BCUT2D eigenvalue weighted by Gasteiger charge is 2.28. The number of hydrogen-bond donors (Lipinski definition) is 2. The number of aromatic nitrogens is 1. The van der Waals surface area contributed by atoms with Crippen molar-refractivity contribution in [3.05, 3.63) is 70.7 Å². The van der Waals surface area contributed by atoms with Crippen molar-refractivity contribution in [2.75, 3.05) is 32.9 Å². The number of aliphatic hydroxyl groups is 1. The fraction of sp³-hybridized carbons (Fsp3) is 0.423. The third-order valence-corrected chi connectivity index (χ3v) is 6.56. The molecule has 1 saturated heterocycles. The van der Waals surface area contributed by atoms with Crippen molar-refractivity contribution in [1.82, 2.24) is 9.47 Å². The van der Waals surface area contributed by atoms with Crippen molar-refractivity contribution in [3.63, 3.8) is 0 Å². The van der Waals surface area contributed by atoms with Gasteiger partial charge in [0.25, 0.3) is 5.91 Å². The number of aryl methyl sites for hydroxylation is 1. The molecule has 3 aromatic rings. The lowest BCUT2D eigenvalue weighted by Crippen LogP contribution is -2.38. The largest absolute Gasteiger partial charge is 0.394 e. The molecule has 0 saturated carbocycles. The fourth-order valence-corrected chi connectivity index (χ4v) is 4.82. The van der Waals surface area contributed by atoms with Crippen LogP contribution in [0.2, 0.25) is 0 Å². The van der Waals surface area contributed by atoms with Gasteiger partial charge in [0.05, 0.1) is 30.9 Å². The molecule has 0 spiro atoms. The van der Waals surface area contributed by atoms with E-state index in [0.717, 1.165) is 34.9 Å². The Morgan fingerprint density at radius 3 is 2.68 bits per heavy atom. The molecule has 34 heavy (non-hydrogen) atoms. The number of likely N-dealkylation sites (tertiary alicyclic amines) is 1. The van der Waals surface area contributed by atoms with Crippen LogP contribution >= 0.6 is 12.4 Å². The Hall–Kier alpha value is -2.45. The normalized spacial score (nSPS) is 14.4. The molecule has 2 heterocycles. The van der Waals surface area contributed by atoms with Gasteiger partial charge in [0.2, 0.25) is 0 Å². The average molecular weight is 490 g/mol. The minimum absolute atomic E-state index is 0. The van der Waals surface area contributed by atoms with Crippen LogP contribution in [0.3, 0.4) is 0 Å². The quantitative estimate of drug-likeness (QED) is 0.469. The number of carbonyl (C=O) groups is 1. The summed E-state index contributed by atoms with van der Waals surface area (Å²) in [5.74, 6) is -0.0954. The fourth-order valence-electron chi connectivity index (χ4n) is 4.82. The first-order valence-electron chi connectivity index (χ1n) is 11.6. The smallest absolute Gasteiger partial charge is 0.256 e. The Morgan fingerprint density at radius 2 is 1.97 bits per heavy atom. The number of para-hydroxylation sites is 1. The Labute approximate surface area is 205 Å². The number of halogens is 2. The van der Waals surface area contributed by atoms with Crippen LogP contribution in [-0.2, 0) is 17.8 Å². The number of fused-ring (bicyclic) bond motifs is 1. The number of rotatable bonds is 8. The minimum Gasteiger partial charge on any atom is -0.394 e. The van der Waals surface area contributed by atoms with Crippen molar-refractivity contribution >= 4 is 29.2 Å². The van der Waals surface area contributed by atoms with Crippen molar-refractivity contribution in [2.24, 2.45) is 5.73 Å². The lowest BCUT2D eigenvalue weighted by molar-refractivity contribution is 0.0713. The Balaban J connectivity index is 0.00000324. The van der Waals surface area contributed by atoms with E-state index in [0.29, 0.717) is 50.5 Å². The summed E-state index contributed by atoms with van der Waals surface area (Å²) >= 11 is 0. The molecule has 3 N–H and O–H groups in total. The molecular formula is C26H33ClFN3O3. The molecular weight excluding hydrogens is 457 g/mol. The zero-order valence-electron chi connectivity index (χ0n) is 19.5. The van der Waals surface area contributed by atoms with Gasteiger partial charge in [-0.1, -0.05) is 30.3 Å². The standard InChI is InChI=1S/C26H32FN3O3.ClH/c1-18-3-2-4-21-23(17-30(25(18)21)11-13-33-14-12-31)26(32)29-9-7-20(8-10-29)22-15-19(16-28)5-6-24(22)27;/h2-6,15,17,20,31H,7-14,16,28H2,1H3;1H. The zero-order chi connectivity index (χ0) is 23.4. The van der Waals surface area contributed by atoms with Crippen LogP contribution in [0.25, 0.3) is 10.9 Å². The summed E-state index contributed by atoms with van der Waals surface area (Å²) in [6.07, 6.45) is 3.37. The molecule has 1 amide bonds. The summed E-state index contributed by atoms with van der Waals surface area (Å²) in [4.78, 5) is 15.4. The summed E-state index contributed by atoms with van der Waals surface area (Å²) in [6.45, 7) is 4.97. The molecule has 2 aromatic carbocycles. The summed E-state index contributed by atoms with van der Waals surface area (Å²) in [6, 6.07) is 11.1. The molecule has 1 aliphatic heterocycles. The van der Waals surface area contributed by atoms with Crippen molar-refractivity contribution in [2.45, 2.75) is 38.8 Å². The van der Waals surface area contributed by atoms with Gasteiger partial charge in [-0.2, -0.15) is 0 Å². The van der Waals surface area contributed by atoms with Gasteiger partial charge in [-0.15, -0.1) is 12.4 Å². The Morgan fingerprint density at radius 1 is 1.21 bits per heavy atom. The molecule has 184 valence electrons. The molecule has 0 atom stereocenters. The number of nitrogens with zero attached hydrogens (tertiary/aromatic N) is 2. The van der Waals surface area contributed by atoms with Gasteiger partial charge in [-0.25, -0.2) is 4.39 Å². The summed E-state index contributed by atoms with van der Waals surface area (Å²) in [7, 11) is 0. The second-order valence-electron chi connectivity index (χ2n) is 8.67. The minimum atomic E-state index is -0.195. The number of aliphatic hydroxyl groups excluding tert-OH is 1. The lowest BCUT2D eigenvalue weighted by atomic mass is 9.88. The first kappa shape index (κ1) is 26.2. The van der Waals surface area contributed by atoms with E-state index in [9.17, 15) is 9.18 Å². The van der Waals surface area contributed by atoms with Gasteiger partial charge in [0.1, 0.15) is 5.82 Å². The van der Waals surface area contributed by atoms with Gasteiger partial charge < -0.3 is 25.0 Å². The van der Waals surface area contributed by atoms with E-state index in [-0.39, 0.29) is 36.7 Å². The number of nitrogens with two attached hydrogens (primary N) is 1. The van der Waals surface area contributed by atoms with Crippen LogP contribution in [0.1, 0.15) is 45.8 Å². The van der Waals surface area contributed by atoms with Crippen LogP contribution < -0.4 is 5.73 Å². The van der Waals surface area contributed by atoms with E-state index in [4.69, 9.17) is 15.6 Å². The predicted octanol–water partition coefficient (Wildman–Crippen LogP) is 4.00. The monoisotopic (exact) mass is 489 g/mol. The number of amides is 1. The van der Waals surface area contributed by atoms with E-state index in [2.05, 4.69) is 4.57 Å². The molecule has 8 heteroatoms. The summed E-state index contributed by atoms with van der Waals surface area (Å²) in [5, 5.41) is 9.86. The molecule has 1 aliphatic rings. The number of hydrogen-bond acceptors (Lipinski definition) is 4. The molecule has 0 radical (unpaired) electrons. The first-order chi connectivity index (χ1) is 16.0. The van der Waals surface area contributed by atoms with Crippen LogP contribution in [0.5, 0.6) is 0 Å². The summed E-state index contributed by atoms with van der Waals surface area (Å²) < 4.78 is 21.9. The maximum atomic E-state index is 14.4. The van der Waals surface area contributed by atoms with Gasteiger partial charge in [-0.3, -0.25) is 4.79 Å². The Kier molecular flexibility index (Phi) is 9.08. The predicted molar refractivity (Wildman–Crippen MR) is 134 cm³/mol. The average Bonchev–Trinajstić information content (AvgIpc) is 3.22. The number of benzene rings is 2. The third kappa shape index (κ3) is 5.44. The first-order valence-corrected chi connectivity index (χ1v) is 11.6. The highest BCUT2D eigenvalue weighted by molar-refractivity contribution is 6.07. The number of piperidine rings is 1. The molecule has 0 bridgehead atoms. The Bertz CT molecular complexity index is 1130. The van der Waals surface area contributed by atoms with Gasteiger partial charge in [0.15, 0.2) is 0 Å². The van der Waals surface area contributed by atoms with Crippen LogP contribution in [0, 0.1) is 12.7 Å². The van der Waals surface area contributed by atoms with E-state index in [1.165, 1.54) is 6.07 Å². The highest BCUT2D eigenvalue weighted by atomic mass is 35.5. The molecule has 1 fully saturated rings. The van der Waals surface area contributed by atoms with Crippen LogP contribution in [0.15, 0.2) is 42.6 Å². The molecule has 1 aromatic heterocycles. The van der Waals surface area contributed by atoms with Crippen molar-refractivity contribution < 1.29 is 19.0 Å². The van der Waals surface area contributed by atoms with E-state index in [1.807, 2.05) is 42.3 Å². The van der Waals surface area contributed by atoms with Gasteiger partial charge in [-0.05, 0) is 48.4 Å². The second kappa shape index (κ2) is 11.8. The number of ether oxygens (including phenoxy) is 1. The van der Waals surface area contributed by atoms with Crippen LogP contribution in [-0.4, -0.2) is 53.4 Å². The second-order valence-corrected chi connectivity index (χ2v) is 8.67. The van der Waals surface area contributed by atoms with Gasteiger partial charge >= 0.3 is 0 Å². The SMILES string of the molecule is Cc1cccc2c(C(=O)N3CCC(c4cc(CN)ccc4F)CC3)cn(CCOCCO)c12.Cl. The third-order valence-electron chi connectivity index (χ3n) is 6.56. The molecule has 0 unspecified atom stereocenters. The van der Waals surface area contributed by atoms with E-state index >= 15 is 0 Å². The lowest BCUT2D eigenvalue weighted by Gasteiger charge is -2.32.